The van der Waals surface area contributed by atoms with Crippen molar-refractivity contribution in [3.63, 3.8) is 0 Å². The molecule has 4 rings (SSSR count). The Kier molecular flexibility index (Phi) is 6.69. The molecule has 156 valence electrons. The number of aromatic nitrogens is 1. The summed E-state index contributed by atoms with van der Waals surface area (Å²) >= 11 is 13.7. The van der Waals surface area contributed by atoms with E-state index in [1.807, 2.05) is 36.4 Å². The summed E-state index contributed by atoms with van der Waals surface area (Å²) in [6.45, 7) is -0.145. The fourth-order valence-electron chi connectivity index (χ4n) is 2.77. The number of nitrogens with zero attached hydrogens (tertiary/aromatic N) is 1. The highest BCUT2D eigenvalue weighted by molar-refractivity contribution is 14.1. The molecule has 0 atom stereocenters. The van der Waals surface area contributed by atoms with Crippen molar-refractivity contribution in [2.75, 3.05) is 11.9 Å². The zero-order chi connectivity index (χ0) is 21.8. The number of benzene rings is 3. The number of thiocarbonyl (C=S) groups is 1. The Labute approximate surface area is 202 Å². The molecule has 2 N–H and O–H groups in total. The second-order valence-electron chi connectivity index (χ2n) is 6.43. The molecule has 0 bridgehead atoms. The first-order valence-electron chi connectivity index (χ1n) is 9.12. The largest absolute Gasteiger partial charge is 0.484 e. The van der Waals surface area contributed by atoms with Gasteiger partial charge in [-0.2, -0.15) is 0 Å². The van der Waals surface area contributed by atoms with Crippen molar-refractivity contribution >= 4 is 74.2 Å². The van der Waals surface area contributed by atoms with Crippen LogP contribution >= 0.6 is 46.4 Å². The maximum Gasteiger partial charge on any atom is 0.264 e. The third-order valence-electron chi connectivity index (χ3n) is 4.17. The van der Waals surface area contributed by atoms with Gasteiger partial charge in [-0.25, -0.2) is 4.98 Å². The van der Waals surface area contributed by atoms with Gasteiger partial charge in [-0.15, -0.1) is 0 Å². The van der Waals surface area contributed by atoms with E-state index in [0.717, 1.165) is 9.13 Å². The average molecular weight is 564 g/mol. The van der Waals surface area contributed by atoms with Crippen LogP contribution in [-0.4, -0.2) is 22.6 Å². The minimum atomic E-state index is -0.362. The molecule has 0 aliphatic carbocycles. The Morgan fingerprint density at radius 3 is 2.74 bits per heavy atom. The van der Waals surface area contributed by atoms with E-state index in [9.17, 15) is 4.79 Å². The highest BCUT2D eigenvalue weighted by Crippen LogP contribution is 2.32. The van der Waals surface area contributed by atoms with Gasteiger partial charge in [-0.05, 0) is 83.3 Å². The maximum atomic E-state index is 12.0. The third kappa shape index (κ3) is 5.52. The van der Waals surface area contributed by atoms with Crippen molar-refractivity contribution in [3.8, 4) is 17.2 Å². The molecule has 1 aromatic heterocycles. The van der Waals surface area contributed by atoms with Crippen molar-refractivity contribution in [1.82, 2.24) is 10.3 Å². The molecular weight excluding hydrogens is 549 g/mol. The molecule has 9 heteroatoms. The van der Waals surface area contributed by atoms with Crippen molar-refractivity contribution < 1.29 is 13.9 Å². The molecule has 3 aromatic carbocycles. The average Bonchev–Trinajstić information content (AvgIpc) is 3.18. The van der Waals surface area contributed by atoms with Gasteiger partial charge in [0.1, 0.15) is 11.3 Å². The minimum Gasteiger partial charge on any atom is -0.484 e. The highest BCUT2D eigenvalue weighted by atomic mass is 127. The molecule has 6 nitrogen and oxygen atoms in total. The molecule has 0 aliphatic rings. The number of nitrogens with one attached hydrogen (secondary N) is 2. The minimum absolute atomic E-state index is 0.145. The molecule has 1 amide bonds. The second-order valence-corrected chi connectivity index (χ2v) is 8.49. The number of anilines is 1. The van der Waals surface area contributed by atoms with Crippen molar-refractivity contribution in [1.29, 1.82) is 0 Å². The summed E-state index contributed by atoms with van der Waals surface area (Å²) in [5.41, 5.74) is 2.63. The Hall–Kier alpha value is -2.69. The van der Waals surface area contributed by atoms with E-state index in [4.69, 9.17) is 33.0 Å². The van der Waals surface area contributed by atoms with Gasteiger partial charge in [0.2, 0.25) is 5.89 Å². The smallest absolute Gasteiger partial charge is 0.264 e. The van der Waals surface area contributed by atoms with Gasteiger partial charge in [-0.1, -0.05) is 29.8 Å². The predicted molar refractivity (Wildman–Crippen MR) is 133 cm³/mol. The van der Waals surface area contributed by atoms with Gasteiger partial charge in [0, 0.05) is 9.26 Å². The topological polar surface area (TPSA) is 76.4 Å². The van der Waals surface area contributed by atoms with Crippen LogP contribution < -0.4 is 15.4 Å². The normalized spacial score (nSPS) is 10.6. The van der Waals surface area contributed by atoms with Crippen LogP contribution in [0, 0.1) is 3.57 Å². The number of ether oxygens (including phenoxy) is 1. The highest BCUT2D eigenvalue weighted by Gasteiger charge is 2.13. The summed E-state index contributed by atoms with van der Waals surface area (Å²) in [7, 11) is 0. The van der Waals surface area contributed by atoms with E-state index in [0.29, 0.717) is 33.4 Å². The first-order valence-corrected chi connectivity index (χ1v) is 11.0. The van der Waals surface area contributed by atoms with Crippen LogP contribution in [0.15, 0.2) is 71.1 Å². The number of fused-ring (bicyclic) bond motifs is 1. The zero-order valence-corrected chi connectivity index (χ0v) is 19.6. The Morgan fingerprint density at radius 2 is 1.94 bits per heavy atom. The number of carbonyl (C=O) groups is 1. The number of hydrogen-bond acceptors (Lipinski definition) is 5. The number of halogens is 2. The fraction of sp³-hybridized carbons (Fsp3) is 0.0455. The molecule has 0 radical (unpaired) electrons. The van der Waals surface area contributed by atoms with Gasteiger partial charge in [-0.3, -0.25) is 10.1 Å². The first-order chi connectivity index (χ1) is 15.0. The number of hydrogen-bond donors (Lipinski definition) is 2. The summed E-state index contributed by atoms with van der Waals surface area (Å²) in [6.07, 6.45) is 0. The number of rotatable bonds is 5. The summed E-state index contributed by atoms with van der Waals surface area (Å²) in [4.78, 5) is 16.6. The molecule has 4 aromatic rings. The van der Waals surface area contributed by atoms with Crippen LogP contribution in [0.5, 0.6) is 5.75 Å². The lowest BCUT2D eigenvalue weighted by molar-refractivity contribution is -0.121. The van der Waals surface area contributed by atoms with E-state index in [1.165, 1.54) is 0 Å². The molecule has 31 heavy (non-hydrogen) atoms. The number of carbonyl (C=O) groups excluding carboxylic acids is 1. The Bertz CT molecular complexity index is 1260. The van der Waals surface area contributed by atoms with Crippen LogP contribution in [0.1, 0.15) is 0 Å². The molecule has 1 heterocycles. The number of para-hydroxylation sites is 1. The van der Waals surface area contributed by atoms with Gasteiger partial charge in [0.15, 0.2) is 17.3 Å². The predicted octanol–water partition coefficient (Wildman–Crippen LogP) is 5.64. The van der Waals surface area contributed by atoms with E-state index < -0.39 is 0 Å². The maximum absolute atomic E-state index is 12.0. The summed E-state index contributed by atoms with van der Waals surface area (Å²) in [5.74, 6) is 0.682. The molecule has 0 unspecified atom stereocenters. The second kappa shape index (κ2) is 9.63. The van der Waals surface area contributed by atoms with Crippen LogP contribution in [0.25, 0.3) is 22.6 Å². The Balaban J connectivity index is 1.41. The van der Waals surface area contributed by atoms with Gasteiger partial charge in [0.25, 0.3) is 5.91 Å². The number of amides is 1. The quantitative estimate of drug-likeness (QED) is 0.242. The van der Waals surface area contributed by atoms with Crippen LogP contribution in [-0.2, 0) is 4.79 Å². The van der Waals surface area contributed by atoms with Crippen molar-refractivity contribution in [3.05, 3.63) is 75.3 Å². The molecular formula is C22H15ClIN3O3S. The van der Waals surface area contributed by atoms with E-state index >= 15 is 0 Å². The van der Waals surface area contributed by atoms with Gasteiger partial charge in [0.05, 0.1) is 10.6 Å². The Morgan fingerprint density at radius 1 is 1.13 bits per heavy atom. The summed E-state index contributed by atoms with van der Waals surface area (Å²) in [6, 6.07) is 20.1. The van der Waals surface area contributed by atoms with Crippen LogP contribution in [0.4, 0.5) is 5.69 Å². The van der Waals surface area contributed by atoms with E-state index in [-0.39, 0.29) is 17.6 Å². The molecule has 0 saturated heterocycles. The fourth-order valence-corrected chi connectivity index (χ4v) is 3.69. The third-order valence-corrected chi connectivity index (χ3v) is 5.38. The lowest BCUT2D eigenvalue weighted by Crippen LogP contribution is -2.37. The zero-order valence-electron chi connectivity index (χ0n) is 15.9. The molecule has 0 spiro atoms. The SMILES string of the molecule is O=C(COc1ccccc1)NC(=S)Nc1ccc2oc(-c3cc(I)ccc3Cl)nc2c1. The van der Waals surface area contributed by atoms with Crippen molar-refractivity contribution in [2.45, 2.75) is 0 Å². The summed E-state index contributed by atoms with van der Waals surface area (Å²) < 4.78 is 12.3. The monoisotopic (exact) mass is 563 g/mol. The number of oxazole rings is 1. The molecule has 0 aliphatic heterocycles. The van der Waals surface area contributed by atoms with Gasteiger partial charge >= 0.3 is 0 Å². The van der Waals surface area contributed by atoms with Crippen molar-refractivity contribution in [2.24, 2.45) is 0 Å². The van der Waals surface area contributed by atoms with Crippen LogP contribution in [0.2, 0.25) is 5.02 Å². The molecule has 0 fully saturated rings. The standard InChI is InChI=1S/C22H15ClIN3O3S/c23-17-8-6-13(24)10-16(17)21-26-18-11-14(7-9-19(18)30-21)25-22(31)27-20(28)12-29-15-4-2-1-3-5-15/h1-11H,12H2,(H2,25,27,28,31). The van der Waals surface area contributed by atoms with Gasteiger partial charge < -0.3 is 14.5 Å². The van der Waals surface area contributed by atoms with E-state index in [1.54, 1.807) is 30.3 Å². The lowest BCUT2D eigenvalue weighted by Gasteiger charge is -2.10. The molecule has 0 saturated carbocycles. The summed E-state index contributed by atoms with van der Waals surface area (Å²) in [5, 5.41) is 6.27. The van der Waals surface area contributed by atoms with E-state index in [2.05, 4.69) is 38.2 Å². The van der Waals surface area contributed by atoms with Crippen LogP contribution in [0.3, 0.4) is 0 Å². The first kappa shape index (κ1) is 21.5. The lowest BCUT2D eigenvalue weighted by atomic mass is 10.2.